The number of ether oxygens (including phenoxy) is 1. The van der Waals surface area contributed by atoms with E-state index in [1.165, 1.54) is 0 Å². The van der Waals surface area contributed by atoms with Crippen molar-refractivity contribution in [2.45, 2.75) is 25.7 Å². The molecule has 0 aromatic carbocycles. The third-order valence-electron chi connectivity index (χ3n) is 4.47. The summed E-state index contributed by atoms with van der Waals surface area (Å²) >= 11 is 0. The smallest absolute Gasteiger partial charge is 0.226 e. The first-order valence-corrected chi connectivity index (χ1v) is 8.77. The summed E-state index contributed by atoms with van der Waals surface area (Å²) in [5.41, 5.74) is 0. The van der Waals surface area contributed by atoms with Gasteiger partial charge in [-0.15, -0.1) is 0 Å². The molecule has 0 bridgehead atoms. The van der Waals surface area contributed by atoms with Crippen LogP contribution in [-0.2, 0) is 14.3 Å². The molecule has 2 aliphatic rings. The monoisotopic (exact) mass is 336 g/mol. The average molecular weight is 336 g/mol. The zero-order valence-corrected chi connectivity index (χ0v) is 14.2. The second kappa shape index (κ2) is 10.3. The Kier molecular flexibility index (Phi) is 7.98. The van der Waals surface area contributed by atoms with Crippen LogP contribution in [0.25, 0.3) is 0 Å². The molecule has 0 aromatic rings. The van der Waals surface area contributed by atoms with Gasteiger partial charge in [0.25, 0.3) is 0 Å². The zero-order chi connectivity index (χ0) is 17.2. The summed E-state index contributed by atoms with van der Waals surface area (Å²) in [5.74, 6) is 0.231. The third-order valence-corrected chi connectivity index (χ3v) is 4.47. The van der Waals surface area contributed by atoms with E-state index in [0.29, 0.717) is 26.2 Å². The van der Waals surface area contributed by atoms with Crippen molar-refractivity contribution in [2.75, 3.05) is 39.5 Å². The highest BCUT2D eigenvalue weighted by Gasteiger charge is 2.25. The van der Waals surface area contributed by atoms with Gasteiger partial charge in [-0.05, 0) is 25.7 Å². The molecule has 0 heterocycles. The number of carbonyl (C=O) groups excluding carboxylic acids is 2. The average Bonchev–Trinajstić information content (AvgIpc) is 3.29. The molecule has 0 fully saturated rings. The molecule has 0 saturated heterocycles. The molecule has 0 atom stereocenters. The second-order valence-corrected chi connectivity index (χ2v) is 6.23. The first-order valence-electron chi connectivity index (χ1n) is 8.77. The van der Waals surface area contributed by atoms with Crippen LogP contribution in [0, 0.1) is 11.8 Å². The molecular formula is C18H28N2O4. The summed E-state index contributed by atoms with van der Waals surface area (Å²) in [5, 5.41) is 11.7. The quantitative estimate of drug-likeness (QED) is 0.458. The van der Waals surface area contributed by atoms with E-state index >= 15 is 0 Å². The van der Waals surface area contributed by atoms with E-state index in [2.05, 4.69) is 5.32 Å². The Labute approximate surface area is 143 Å². The van der Waals surface area contributed by atoms with Gasteiger partial charge in [-0.3, -0.25) is 9.59 Å². The lowest BCUT2D eigenvalue weighted by molar-refractivity contribution is -0.136. The molecule has 0 saturated carbocycles. The summed E-state index contributed by atoms with van der Waals surface area (Å²) < 4.78 is 5.28. The summed E-state index contributed by atoms with van der Waals surface area (Å²) in [6, 6.07) is 0. The summed E-state index contributed by atoms with van der Waals surface area (Å²) in [7, 11) is 0. The van der Waals surface area contributed by atoms with Crippen LogP contribution in [0.1, 0.15) is 25.7 Å². The predicted octanol–water partition coefficient (Wildman–Crippen LogP) is 0.872. The molecule has 2 N–H and O–H groups in total. The van der Waals surface area contributed by atoms with E-state index in [-0.39, 0.29) is 36.9 Å². The van der Waals surface area contributed by atoms with Crippen LogP contribution in [0.2, 0.25) is 0 Å². The molecule has 0 unspecified atom stereocenters. The van der Waals surface area contributed by atoms with E-state index in [9.17, 15) is 9.59 Å². The number of nitrogens with zero attached hydrogens (tertiary/aromatic N) is 1. The van der Waals surface area contributed by atoms with Gasteiger partial charge in [-0.25, -0.2) is 0 Å². The van der Waals surface area contributed by atoms with E-state index < -0.39 is 0 Å². The fraction of sp³-hybridized carbons (Fsp3) is 0.667. The van der Waals surface area contributed by atoms with Gasteiger partial charge in [0.2, 0.25) is 11.8 Å². The molecule has 24 heavy (non-hydrogen) atoms. The number of rotatable bonds is 10. The number of nitrogens with one attached hydrogen (secondary N) is 1. The van der Waals surface area contributed by atoms with Crippen LogP contribution < -0.4 is 5.32 Å². The lowest BCUT2D eigenvalue weighted by Crippen LogP contribution is -2.43. The number of amides is 2. The fourth-order valence-corrected chi connectivity index (χ4v) is 3.04. The largest absolute Gasteiger partial charge is 0.394 e. The number of allylic oxidation sites excluding steroid dienone is 4. The van der Waals surface area contributed by atoms with Crippen LogP contribution >= 0.6 is 0 Å². The molecule has 2 aliphatic carbocycles. The summed E-state index contributed by atoms with van der Waals surface area (Å²) in [6.07, 6.45) is 11.3. The molecule has 6 heteroatoms. The number of aliphatic hydroxyl groups excluding tert-OH is 1. The number of carbonyl (C=O) groups is 2. The van der Waals surface area contributed by atoms with Crippen LogP contribution in [-0.4, -0.2) is 61.3 Å². The number of hydrogen-bond donors (Lipinski definition) is 2. The number of aliphatic hydroxyl groups is 1. The van der Waals surface area contributed by atoms with Crippen molar-refractivity contribution < 1.29 is 19.4 Å². The molecule has 134 valence electrons. The van der Waals surface area contributed by atoms with Crippen molar-refractivity contribution in [3.63, 3.8) is 0 Å². The van der Waals surface area contributed by atoms with Gasteiger partial charge in [0.05, 0.1) is 19.8 Å². The first-order chi connectivity index (χ1) is 11.7. The van der Waals surface area contributed by atoms with E-state index in [1.54, 1.807) is 4.90 Å². The standard InChI is InChI=1S/C18H28N2O4/c21-12-14-24-13-11-20(18(23)16-7-3-4-8-16)10-9-19-17(22)15-5-1-2-6-15/h1-4,15-16,21H,5-14H2,(H,19,22). The molecule has 2 amide bonds. The lowest BCUT2D eigenvalue weighted by atomic mass is 10.1. The van der Waals surface area contributed by atoms with Gasteiger partial charge < -0.3 is 20.1 Å². The maximum Gasteiger partial charge on any atom is 0.226 e. The predicted molar refractivity (Wildman–Crippen MR) is 91.2 cm³/mol. The van der Waals surface area contributed by atoms with Crippen molar-refractivity contribution in [3.05, 3.63) is 24.3 Å². The zero-order valence-electron chi connectivity index (χ0n) is 14.2. The van der Waals surface area contributed by atoms with E-state index in [4.69, 9.17) is 9.84 Å². The Morgan fingerprint density at radius 2 is 1.62 bits per heavy atom. The Bertz CT molecular complexity index is 460. The Hall–Kier alpha value is -1.66. The minimum absolute atomic E-state index is 0.0116. The molecule has 6 nitrogen and oxygen atoms in total. The second-order valence-electron chi connectivity index (χ2n) is 6.23. The van der Waals surface area contributed by atoms with Gasteiger partial charge in [0.15, 0.2) is 0 Å². The van der Waals surface area contributed by atoms with Gasteiger partial charge in [0.1, 0.15) is 0 Å². The maximum atomic E-state index is 12.6. The molecule has 0 aromatic heterocycles. The van der Waals surface area contributed by atoms with Crippen molar-refractivity contribution in [2.24, 2.45) is 11.8 Å². The molecule has 0 spiro atoms. The van der Waals surface area contributed by atoms with Crippen molar-refractivity contribution in [3.8, 4) is 0 Å². The highest BCUT2D eigenvalue weighted by Crippen LogP contribution is 2.20. The molecule has 0 aliphatic heterocycles. The minimum atomic E-state index is -0.0219. The van der Waals surface area contributed by atoms with Crippen molar-refractivity contribution >= 4 is 11.8 Å². The molecule has 0 radical (unpaired) electrons. The maximum absolute atomic E-state index is 12.6. The Balaban J connectivity index is 1.75. The van der Waals surface area contributed by atoms with E-state index in [0.717, 1.165) is 25.7 Å². The van der Waals surface area contributed by atoms with Gasteiger partial charge >= 0.3 is 0 Å². The van der Waals surface area contributed by atoms with Crippen LogP contribution in [0.3, 0.4) is 0 Å². The normalized spacial score (nSPS) is 17.5. The van der Waals surface area contributed by atoms with Gasteiger partial charge in [-0.1, -0.05) is 24.3 Å². The fourth-order valence-electron chi connectivity index (χ4n) is 3.04. The first kappa shape index (κ1) is 18.7. The number of hydrogen-bond acceptors (Lipinski definition) is 4. The third kappa shape index (κ3) is 5.76. The van der Waals surface area contributed by atoms with Crippen LogP contribution in [0.5, 0.6) is 0 Å². The highest BCUT2D eigenvalue weighted by atomic mass is 16.5. The summed E-state index contributed by atoms with van der Waals surface area (Å²) in [6.45, 7) is 2.08. The molecule has 2 rings (SSSR count). The Morgan fingerprint density at radius 1 is 1.00 bits per heavy atom. The van der Waals surface area contributed by atoms with Gasteiger partial charge in [-0.2, -0.15) is 0 Å². The Morgan fingerprint density at radius 3 is 2.25 bits per heavy atom. The lowest BCUT2D eigenvalue weighted by Gasteiger charge is -2.26. The van der Waals surface area contributed by atoms with Gasteiger partial charge in [0, 0.05) is 31.5 Å². The SMILES string of the molecule is O=C(NCCN(CCOCCO)C(=O)C1CC=CC1)C1CC=CC1. The van der Waals surface area contributed by atoms with E-state index in [1.807, 2.05) is 24.3 Å². The minimum Gasteiger partial charge on any atom is -0.394 e. The van der Waals surface area contributed by atoms with Crippen LogP contribution in [0.4, 0.5) is 0 Å². The summed E-state index contributed by atoms with van der Waals surface area (Å²) in [4.78, 5) is 26.4. The highest BCUT2D eigenvalue weighted by molar-refractivity contribution is 5.80. The molecular weight excluding hydrogens is 308 g/mol. The van der Waals surface area contributed by atoms with Crippen LogP contribution in [0.15, 0.2) is 24.3 Å². The topological polar surface area (TPSA) is 78.9 Å². The van der Waals surface area contributed by atoms with Crippen molar-refractivity contribution in [1.29, 1.82) is 0 Å². The van der Waals surface area contributed by atoms with Crippen molar-refractivity contribution in [1.82, 2.24) is 10.2 Å².